The first kappa shape index (κ1) is 14.2. The molecule has 19 heavy (non-hydrogen) atoms. The fourth-order valence-electron chi connectivity index (χ4n) is 2.91. The summed E-state index contributed by atoms with van der Waals surface area (Å²) in [6.45, 7) is 3.06. The van der Waals surface area contributed by atoms with E-state index in [1.54, 1.807) is 0 Å². The molecule has 3 rings (SSSR count). The lowest BCUT2D eigenvalue weighted by Crippen LogP contribution is -2.56. The highest BCUT2D eigenvalue weighted by molar-refractivity contribution is 5.85. The van der Waals surface area contributed by atoms with Crippen molar-refractivity contribution in [3.8, 4) is 0 Å². The zero-order chi connectivity index (χ0) is 12.4. The Morgan fingerprint density at radius 3 is 2.74 bits per heavy atom. The SMILES string of the molecule is Cl.O=C1OCCC2(CCNC2)N1Cc1ccccc1. The largest absolute Gasteiger partial charge is 0.449 e. The van der Waals surface area contributed by atoms with Gasteiger partial charge in [0.15, 0.2) is 0 Å². The molecule has 0 saturated carbocycles. The number of hydrogen-bond acceptors (Lipinski definition) is 3. The van der Waals surface area contributed by atoms with Gasteiger partial charge >= 0.3 is 6.09 Å². The Bertz CT molecular complexity index is 432. The van der Waals surface area contributed by atoms with Gasteiger partial charge in [-0.15, -0.1) is 12.4 Å². The predicted octanol–water partition coefficient (Wildman–Crippen LogP) is 2.18. The van der Waals surface area contributed by atoms with Gasteiger partial charge < -0.3 is 10.1 Å². The second-order valence-corrected chi connectivity index (χ2v) is 5.09. The summed E-state index contributed by atoms with van der Waals surface area (Å²) in [7, 11) is 0. The highest BCUT2D eigenvalue weighted by Crippen LogP contribution is 2.32. The molecular formula is C14H19ClN2O2. The van der Waals surface area contributed by atoms with Crippen LogP contribution in [0.1, 0.15) is 18.4 Å². The fourth-order valence-corrected chi connectivity index (χ4v) is 2.91. The van der Waals surface area contributed by atoms with Crippen LogP contribution in [0.3, 0.4) is 0 Å². The van der Waals surface area contributed by atoms with E-state index in [1.807, 2.05) is 23.1 Å². The Morgan fingerprint density at radius 1 is 1.26 bits per heavy atom. The van der Waals surface area contributed by atoms with Gasteiger partial charge in [-0.05, 0) is 18.5 Å². The Labute approximate surface area is 119 Å². The first-order chi connectivity index (χ1) is 8.80. The zero-order valence-corrected chi connectivity index (χ0v) is 11.6. The minimum absolute atomic E-state index is 0. The maximum atomic E-state index is 12.0. The van der Waals surface area contributed by atoms with Crippen LogP contribution in [-0.2, 0) is 11.3 Å². The van der Waals surface area contributed by atoms with Crippen molar-refractivity contribution in [2.45, 2.75) is 24.9 Å². The standard InChI is InChI=1S/C14H18N2O2.ClH/c17-13-16(10-12-4-2-1-3-5-12)14(7-9-18-13)6-8-15-11-14;/h1-5,15H,6-11H2;1H. The van der Waals surface area contributed by atoms with E-state index in [1.165, 1.54) is 0 Å². The van der Waals surface area contributed by atoms with Crippen molar-refractivity contribution >= 4 is 18.5 Å². The van der Waals surface area contributed by atoms with Crippen LogP contribution < -0.4 is 5.32 Å². The minimum atomic E-state index is -0.172. The summed E-state index contributed by atoms with van der Waals surface area (Å²) in [5.41, 5.74) is 1.12. The number of hydrogen-bond donors (Lipinski definition) is 1. The average Bonchev–Trinajstić information content (AvgIpc) is 2.85. The van der Waals surface area contributed by atoms with Crippen molar-refractivity contribution in [1.82, 2.24) is 10.2 Å². The number of nitrogens with zero attached hydrogens (tertiary/aromatic N) is 1. The highest BCUT2D eigenvalue weighted by Gasteiger charge is 2.45. The van der Waals surface area contributed by atoms with E-state index in [2.05, 4.69) is 17.4 Å². The monoisotopic (exact) mass is 282 g/mol. The number of cyclic esters (lactones) is 1. The topological polar surface area (TPSA) is 41.6 Å². The molecule has 104 valence electrons. The van der Waals surface area contributed by atoms with Gasteiger partial charge in [0.25, 0.3) is 0 Å². The lowest BCUT2D eigenvalue weighted by Gasteiger charge is -2.43. The quantitative estimate of drug-likeness (QED) is 0.904. The molecule has 1 unspecified atom stereocenters. The van der Waals surface area contributed by atoms with Gasteiger partial charge in [0.2, 0.25) is 0 Å². The van der Waals surface area contributed by atoms with Crippen molar-refractivity contribution in [2.75, 3.05) is 19.7 Å². The first-order valence-corrected chi connectivity index (χ1v) is 6.49. The molecular weight excluding hydrogens is 264 g/mol. The summed E-state index contributed by atoms with van der Waals surface area (Å²) < 4.78 is 5.21. The molecule has 2 aliphatic rings. The minimum Gasteiger partial charge on any atom is -0.449 e. The van der Waals surface area contributed by atoms with Gasteiger partial charge in [-0.3, -0.25) is 4.90 Å². The lowest BCUT2D eigenvalue weighted by atomic mass is 9.91. The van der Waals surface area contributed by atoms with Crippen molar-refractivity contribution in [3.63, 3.8) is 0 Å². The molecule has 4 nitrogen and oxygen atoms in total. The number of halogens is 1. The van der Waals surface area contributed by atoms with Crippen molar-refractivity contribution < 1.29 is 9.53 Å². The summed E-state index contributed by atoms with van der Waals surface area (Å²) >= 11 is 0. The van der Waals surface area contributed by atoms with E-state index in [-0.39, 0.29) is 24.0 Å². The maximum absolute atomic E-state index is 12.0. The van der Waals surface area contributed by atoms with Gasteiger partial charge in [-0.1, -0.05) is 30.3 Å². The molecule has 1 atom stereocenters. The van der Waals surface area contributed by atoms with E-state index in [0.717, 1.165) is 31.5 Å². The van der Waals surface area contributed by atoms with E-state index < -0.39 is 0 Å². The molecule has 0 aromatic heterocycles. The summed E-state index contributed by atoms with van der Waals surface area (Å²) in [6.07, 6.45) is 1.78. The molecule has 5 heteroatoms. The van der Waals surface area contributed by atoms with Crippen LogP contribution in [-0.4, -0.2) is 36.2 Å². The first-order valence-electron chi connectivity index (χ1n) is 6.49. The molecule has 2 aliphatic heterocycles. The summed E-state index contributed by atoms with van der Waals surface area (Å²) in [5.74, 6) is 0. The second-order valence-electron chi connectivity index (χ2n) is 5.09. The molecule has 2 saturated heterocycles. The van der Waals surface area contributed by atoms with Crippen LogP contribution in [0, 0.1) is 0 Å². The second kappa shape index (κ2) is 5.80. The third kappa shape index (κ3) is 2.69. The van der Waals surface area contributed by atoms with Gasteiger partial charge in [0, 0.05) is 19.5 Å². The number of carbonyl (C=O) groups excluding carboxylic acids is 1. The van der Waals surface area contributed by atoms with Crippen LogP contribution in [0.25, 0.3) is 0 Å². The number of ether oxygens (including phenoxy) is 1. The van der Waals surface area contributed by atoms with Gasteiger partial charge in [-0.25, -0.2) is 4.79 Å². The zero-order valence-electron chi connectivity index (χ0n) is 10.8. The predicted molar refractivity (Wildman–Crippen MR) is 75.4 cm³/mol. The van der Waals surface area contributed by atoms with E-state index in [9.17, 15) is 4.79 Å². The molecule has 2 heterocycles. The third-order valence-corrected chi connectivity index (χ3v) is 3.99. The molecule has 0 radical (unpaired) electrons. The Balaban J connectivity index is 0.00000133. The van der Waals surface area contributed by atoms with Crippen LogP contribution in [0.2, 0.25) is 0 Å². The maximum Gasteiger partial charge on any atom is 0.410 e. The Morgan fingerprint density at radius 2 is 2.05 bits per heavy atom. The highest BCUT2D eigenvalue weighted by atomic mass is 35.5. The van der Waals surface area contributed by atoms with E-state index >= 15 is 0 Å². The third-order valence-electron chi connectivity index (χ3n) is 3.99. The number of rotatable bonds is 2. The smallest absolute Gasteiger partial charge is 0.410 e. The molecule has 0 aliphatic carbocycles. The van der Waals surface area contributed by atoms with Crippen LogP contribution in [0.15, 0.2) is 30.3 Å². The average molecular weight is 283 g/mol. The van der Waals surface area contributed by atoms with Crippen LogP contribution in [0.4, 0.5) is 4.79 Å². The molecule has 1 N–H and O–H groups in total. The lowest BCUT2D eigenvalue weighted by molar-refractivity contribution is -0.000739. The number of benzene rings is 1. The summed E-state index contributed by atoms with van der Waals surface area (Å²) in [6, 6.07) is 10.1. The van der Waals surface area contributed by atoms with Crippen molar-refractivity contribution in [2.24, 2.45) is 0 Å². The molecule has 1 aromatic carbocycles. The van der Waals surface area contributed by atoms with Crippen molar-refractivity contribution in [3.05, 3.63) is 35.9 Å². The molecule has 1 amide bonds. The number of amides is 1. The molecule has 1 aromatic rings. The molecule has 1 spiro atoms. The summed E-state index contributed by atoms with van der Waals surface area (Å²) in [5, 5.41) is 3.37. The Hall–Kier alpha value is -1.26. The van der Waals surface area contributed by atoms with Crippen LogP contribution in [0.5, 0.6) is 0 Å². The fraction of sp³-hybridized carbons (Fsp3) is 0.500. The number of nitrogens with one attached hydrogen (secondary N) is 1. The number of carbonyl (C=O) groups is 1. The molecule has 0 bridgehead atoms. The van der Waals surface area contributed by atoms with Gasteiger partial charge in [0.1, 0.15) is 0 Å². The normalized spacial score (nSPS) is 26.1. The van der Waals surface area contributed by atoms with Crippen molar-refractivity contribution in [1.29, 1.82) is 0 Å². The molecule has 2 fully saturated rings. The van der Waals surface area contributed by atoms with E-state index in [0.29, 0.717) is 13.2 Å². The van der Waals surface area contributed by atoms with Gasteiger partial charge in [0.05, 0.1) is 12.1 Å². The van der Waals surface area contributed by atoms with Gasteiger partial charge in [-0.2, -0.15) is 0 Å². The van der Waals surface area contributed by atoms with E-state index in [4.69, 9.17) is 4.74 Å². The Kier molecular flexibility index (Phi) is 4.32. The summed E-state index contributed by atoms with van der Waals surface area (Å²) in [4.78, 5) is 13.9. The van der Waals surface area contributed by atoms with Crippen LogP contribution >= 0.6 is 12.4 Å².